The molecule has 3 rings (SSSR count). The lowest BCUT2D eigenvalue weighted by atomic mass is 10.1. The van der Waals surface area contributed by atoms with Crippen molar-refractivity contribution >= 4 is 29.0 Å². The maximum atomic E-state index is 12.7. The zero-order chi connectivity index (χ0) is 21.8. The number of para-hydroxylation sites is 1. The number of carbonyl (C=O) groups is 2. The number of aliphatic imine (C=N–C) groups is 1. The number of benzene rings is 1. The van der Waals surface area contributed by atoms with Crippen LogP contribution in [-0.2, 0) is 9.59 Å². The first-order valence-electron chi connectivity index (χ1n) is 10.1. The van der Waals surface area contributed by atoms with Gasteiger partial charge in [0.1, 0.15) is 5.69 Å². The molecule has 2 aliphatic rings. The van der Waals surface area contributed by atoms with Crippen molar-refractivity contribution in [3.63, 3.8) is 0 Å². The zero-order valence-corrected chi connectivity index (χ0v) is 18.1. The number of anilines is 2. The second kappa shape index (κ2) is 9.02. The number of amidine groups is 1. The highest BCUT2D eigenvalue weighted by atomic mass is 16.5. The van der Waals surface area contributed by atoms with E-state index in [0.717, 1.165) is 24.2 Å². The molecule has 1 saturated carbocycles. The van der Waals surface area contributed by atoms with Crippen molar-refractivity contribution in [3.05, 3.63) is 41.3 Å². The molecule has 30 heavy (non-hydrogen) atoms. The molecule has 0 radical (unpaired) electrons. The third-order valence-corrected chi connectivity index (χ3v) is 4.95. The summed E-state index contributed by atoms with van der Waals surface area (Å²) in [7, 11) is 7.04. The topological polar surface area (TPSA) is 95.1 Å². The van der Waals surface area contributed by atoms with Gasteiger partial charge in [-0.2, -0.15) is 0 Å². The fourth-order valence-corrected chi connectivity index (χ4v) is 3.23. The number of nitrogens with zero attached hydrogens (tertiary/aromatic N) is 2. The number of allylic oxidation sites excluding steroid dienone is 1. The number of nitrogens with one attached hydrogen (secondary N) is 3. The van der Waals surface area contributed by atoms with Gasteiger partial charge in [-0.25, -0.2) is 0 Å². The molecule has 160 valence electrons. The first-order valence-corrected chi connectivity index (χ1v) is 10.1. The Morgan fingerprint density at radius 2 is 2.07 bits per heavy atom. The van der Waals surface area contributed by atoms with E-state index >= 15 is 0 Å². The van der Waals surface area contributed by atoms with Crippen LogP contribution in [0.4, 0.5) is 11.4 Å². The van der Waals surface area contributed by atoms with Crippen molar-refractivity contribution in [1.82, 2.24) is 10.6 Å². The van der Waals surface area contributed by atoms with E-state index in [1.807, 2.05) is 50.2 Å². The molecule has 0 aromatic heterocycles. The van der Waals surface area contributed by atoms with Crippen molar-refractivity contribution in [2.45, 2.75) is 26.2 Å². The number of ether oxygens (including phenoxy) is 1. The summed E-state index contributed by atoms with van der Waals surface area (Å²) in [5.74, 6) is 0.878. The van der Waals surface area contributed by atoms with Crippen LogP contribution in [0.2, 0.25) is 0 Å². The second-order valence-electron chi connectivity index (χ2n) is 7.42. The molecule has 3 N–H and O–H groups in total. The van der Waals surface area contributed by atoms with Gasteiger partial charge in [0.05, 0.1) is 17.0 Å². The maximum Gasteiger partial charge on any atom is 0.252 e. The second-order valence-corrected chi connectivity index (χ2v) is 7.42. The monoisotopic (exact) mass is 411 g/mol. The van der Waals surface area contributed by atoms with Crippen LogP contribution in [0.3, 0.4) is 0 Å². The van der Waals surface area contributed by atoms with Crippen LogP contribution < -0.4 is 25.6 Å². The Balaban J connectivity index is 2.13. The van der Waals surface area contributed by atoms with Crippen LogP contribution >= 0.6 is 0 Å². The van der Waals surface area contributed by atoms with Gasteiger partial charge in [0.25, 0.3) is 5.91 Å². The highest BCUT2D eigenvalue weighted by molar-refractivity contribution is 6.11. The van der Waals surface area contributed by atoms with Crippen molar-refractivity contribution in [3.8, 4) is 5.75 Å². The Labute approximate surface area is 177 Å². The predicted molar refractivity (Wildman–Crippen MR) is 119 cm³/mol. The van der Waals surface area contributed by atoms with Gasteiger partial charge in [-0.1, -0.05) is 19.1 Å². The van der Waals surface area contributed by atoms with E-state index in [0.29, 0.717) is 35.0 Å². The molecule has 1 aliphatic heterocycles. The number of fused-ring (bicyclic) bond motifs is 1. The molecule has 1 aromatic carbocycles. The predicted octanol–water partition coefficient (Wildman–Crippen LogP) is 2.41. The first-order chi connectivity index (χ1) is 14.4. The van der Waals surface area contributed by atoms with E-state index in [1.54, 1.807) is 14.1 Å². The molecule has 1 heterocycles. The maximum absolute atomic E-state index is 12.7. The number of amides is 2. The number of hydrogen-bond acceptors (Lipinski definition) is 6. The summed E-state index contributed by atoms with van der Waals surface area (Å²) in [6.45, 7) is 1.95. The van der Waals surface area contributed by atoms with E-state index in [9.17, 15) is 9.59 Å². The Bertz CT molecular complexity index is 942. The normalized spacial score (nSPS) is 16.3. The lowest BCUT2D eigenvalue weighted by molar-refractivity contribution is -0.121. The van der Waals surface area contributed by atoms with Crippen molar-refractivity contribution in [2.24, 2.45) is 10.9 Å². The smallest absolute Gasteiger partial charge is 0.252 e. The summed E-state index contributed by atoms with van der Waals surface area (Å²) in [6, 6.07) is 5.70. The Kier molecular flexibility index (Phi) is 6.44. The van der Waals surface area contributed by atoms with Crippen LogP contribution in [0, 0.1) is 5.92 Å². The molecule has 0 atom stereocenters. The summed E-state index contributed by atoms with van der Waals surface area (Å²) in [4.78, 5) is 31.3. The van der Waals surface area contributed by atoms with Crippen molar-refractivity contribution < 1.29 is 14.3 Å². The summed E-state index contributed by atoms with van der Waals surface area (Å²) in [6.07, 6.45) is 4.23. The zero-order valence-electron chi connectivity index (χ0n) is 18.1. The minimum absolute atomic E-state index is 0.0135. The molecular formula is C22H29N5O3. The minimum Gasteiger partial charge on any atom is -0.449 e. The molecular weight excluding hydrogens is 382 g/mol. The average molecular weight is 412 g/mol. The van der Waals surface area contributed by atoms with Gasteiger partial charge in [-0.3, -0.25) is 14.6 Å². The van der Waals surface area contributed by atoms with Gasteiger partial charge < -0.3 is 25.6 Å². The summed E-state index contributed by atoms with van der Waals surface area (Å²) >= 11 is 0. The molecule has 0 spiro atoms. The lowest BCUT2D eigenvalue weighted by Gasteiger charge is -2.29. The molecule has 1 aromatic rings. The molecule has 8 heteroatoms. The van der Waals surface area contributed by atoms with Gasteiger partial charge in [-0.15, -0.1) is 0 Å². The van der Waals surface area contributed by atoms with E-state index in [-0.39, 0.29) is 17.7 Å². The van der Waals surface area contributed by atoms with E-state index < -0.39 is 0 Å². The summed E-state index contributed by atoms with van der Waals surface area (Å²) in [5.41, 5.74) is 2.55. The van der Waals surface area contributed by atoms with E-state index in [1.165, 1.54) is 0 Å². The van der Waals surface area contributed by atoms with Crippen LogP contribution in [0.25, 0.3) is 0 Å². The standard InChI is InChI=1S/C22H29N5O3/c1-6-8-14(22(29)24-3)17-19(20(23-2)26-21(28)13-11-12-13)30-16-10-7-9-15(27(4)5)18(16)25-17/h7-10,13,25H,6,11-12H2,1-5H3,(H,24,29)(H,23,26,28)/b14-8-. The Hall–Kier alpha value is -3.29. The number of rotatable bonds is 6. The largest absolute Gasteiger partial charge is 0.449 e. The van der Waals surface area contributed by atoms with Gasteiger partial charge in [0.15, 0.2) is 17.3 Å². The summed E-state index contributed by atoms with van der Waals surface area (Å²) < 4.78 is 6.24. The van der Waals surface area contributed by atoms with Gasteiger partial charge in [-0.05, 0) is 31.4 Å². The van der Waals surface area contributed by atoms with E-state index in [4.69, 9.17) is 4.74 Å². The fraction of sp³-hybridized carbons (Fsp3) is 0.409. The summed E-state index contributed by atoms with van der Waals surface area (Å²) in [5, 5.41) is 8.93. The quantitative estimate of drug-likeness (QED) is 0.380. The number of likely N-dealkylation sites (N-methyl/N-ethyl adjacent to an activating group) is 1. The third kappa shape index (κ3) is 4.32. The van der Waals surface area contributed by atoms with Crippen LogP contribution in [0.1, 0.15) is 26.2 Å². The fourth-order valence-electron chi connectivity index (χ4n) is 3.23. The van der Waals surface area contributed by atoms with Crippen LogP contribution in [0.15, 0.2) is 46.3 Å². The van der Waals surface area contributed by atoms with Gasteiger partial charge in [0, 0.05) is 34.1 Å². The Morgan fingerprint density at radius 1 is 1.33 bits per heavy atom. The Morgan fingerprint density at radius 3 is 2.63 bits per heavy atom. The minimum atomic E-state index is -0.254. The third-order valence-electron chi connectivity index (χ3n) is 4.95. The molecule has 0 saturated heterocycles. The lowest BCUT2D eigenvalue weighted by Crippen LogP contribution is -2.38. The molecule has 1 aliphatic carbocycles. The molecule has 0 unspecified atom stereocenters. The van der Waals surface area contributed by atoms with Crippen molar-refractivity contribution in [2.75, 3.05) is 38.4 Å². The average Bonchev–Trinajstić information content (AvgIpc) is 3.59. The van der Waals surface area contributed by atoms with Crippen LogP contribution in [0.5, 0.6) is 5.75 Å². The highest BCUT2D eigenvalue weighted by Gasteiger charge is 2.34. The van der Waals surface area contributed by atoms with Crippen molar-refractivity contribution in [1.29, 1.82) is 0 Å². The highest BCUT2D eigenvalue weighted by Crippen LogP contribution is 2.41. The van der Waals surface area contributed by atoms with Gasteiger partial charge >= 0.3 is 0 Å². The van der Waals surface area contributed by atoms with Crippen LogP contribution in [-0.4, -0.2) is 45.8 Å². The molecule has 0 bridgehead atoms. The molecule has 1 fully saturated rings. The number of carbonyl (C=O) groups excluding carboxylic acids is 2. The molecule has 2 amide bonds. The number of hydrogen-bond donors (Lipinski definition) is 3. The molecule has 8 nitrogen and oxygen atoms in total. The van der Waals surface area contributed by atoms with E-state index in [2.05, 4.69) is 20.9 Å². The van der Waals surface area contributed by atoms with Gasteiger partial charge in [0.2, 0.25) is 5.91 Å². The SMILES string of the molecule is CC/C=C(\C(=O)NC)C1=C(C(=NC)NC(=O)C2CC2)Oc2cccc(N(C)C)c2N1. The first kappa shape index (κ1) is 21.4.